The summed E-state index contributed by atoms with van der Waals surface area (Å²) in [5.74, 6) is 0. The van der Waals surface area contributed by atoms with Crippen LogP contribution in [0, 0.1) is 0 Å². The van der Waals surface area contributed by atoms with Crippen LogP contribution < -0.4 is 0 Å². The van der Waals surface area contributed by atoms with Crippen LogP contribution in [0.15, 0.2) is 36.5 Å². The molecule has 0 rings (SSSR count). The van der Waals surface area contributed by atoms with Gasteiger partial charge in [-0.15, -0.1) is 0 Å². The van der Waals surface area contributed by atoms with Gasteiger partial charge in [-0.1, -0.05) is 65.5 Å². The van der Waals surface area contributed by atoms with Crippen LogP contribution in [0.25, 0.3) is 0 Å². The Morgan fingerprint density at radius 1 is 1.17 bits per heavy atom. The van der Waals surface area contributed by atoms with E-state index in [1.807, 2.05) is 39.0 Å². The monoisotopic (exact) mass is 253 g/mol. The first-order valence-corrected chi connectivity index (χ1v) is 7.28. The van der Waals surface area contributed by atoms with Gasteiger partial charge in [-0.3, -0.25) is 0 Å². The Balaban J connectivity index is -0.000000225. The quantitative estimate of drug-likeness (QED) is 0.568. The van der Waals surface area contributed by atoms with E-state index in [1.165, 1.54) is 25.1 Å². The van der Waals surface area contributed by atoms with Gasteiger partial charge in [0.1, 0.15) is 0 Å². The number of allylic oxidation sites excluding steroid dienone is 5. The highest BCUT2D eigenvalue weighted by Crippen LogP contribution is 2.01. The lowest BCUT2D eigenvalue weighted by Gasteiger charge is -2.10. The van der Waals surface area contributed by atoms with Crippen LogP contribution in [0.5, 0.6) is 0 Å². The fourth-order valence-corrected chi connectivity index (χ4v) is 1.20. The lowest BCUT2D eigenvalue weighted by molar-refractivity contribution is 0.353. The van der Waals surface area contributed by atoms with E-state index in [9.17, 15) is 0 Å². The molecule has 0 amide bonds. The maximum Gasteiger partial charge on any atom is -0.00245 e. The molecule has 0 fully saturated rings. The average Bonchev–Trinajstić information content (AvgIpc) is 2.41. The highest BCUT2D eigenvalue weighted by Gasteiger charge is 1.86. The van der Waals surface area contributed by atoms with Crippen LogP contribution in [-0.4, -0.2) is 25.0 Å². The molecule has 0 aromatic heterocycles. The van der Waals surface area contributed by atoms with Gasteiger partial charge in [0.05, 0.1) is 0 Å². The summed E-state index contributed by atoms with van der Waals surface area (Å²) in [5, 5.41) is 0. The largest absolute Gasteiger partial charge is 0.307 e. The van der Waals surface area contributed by atoms with Gasteiger partial charge < -0.3 is 4.90 Å². The molecule has 0 heterocycles. The number of hydrogen-bond donors (Lipinski definition) is 0. The van der Waals surface area contributed by atoms with Crippen molar-refractivity contribution in [3.8, 4) is 0 Å². The van der Waals surface area contributed by atoms with E-state index in [2.05, 4.69) is 45.4 Å². The van der Waals surface area contributed by atoms with Gasteiger partial charge in [0.25, 0.3) is 0 Å². The van der Waals surface area contributed by atoms with E-state index in [0.29, 0.717) is 0 Å². The molecule has 0 aliphatic heterocycles. The fraction of sp³-hybridized carbons (Fsp3) is 0.647. The Morgan fingerprint density at radius 2 is 1.72 bits per heavy atom. The number of nitrogens with zero attached hydrogens (tertiary/aromatic N) is 1. The molecule has 1 nitrogen and oxygen atoms in total. The SMILES string of the molecule is C=C/C=C(\C=C/C)CC.CC.CCCN(C)CC. The highest BCUT2D eigenvalue weighted by atomic mass is 15.1. The van der Waals surface area contributed by atoms with E-state index in [0.717, 1.165) is 6.42 Å². The predicted octanol–water partition coefficient (Wildman–Crippen LogP) is 5.46. The predicted molar refractivity (Wildman–Crippen MR) is 88.2 cm³/mol. The summed E-state index contributed by atoms with van der Waals surface area (Å²) in [4.78, 5) is 2.31. The molecule has 0 radical (unpaired) electrons. The van der Waals surface area contributed by atoms with Crippen molar-refractivity contribution >= 4 is 0 Å². The van der Waals surface area contributed by atoms with Gasteiger partial charge in [-0.25, -0.2) is 0 Å². The van der Waals surface area contributed by atoms with Crippen LogP contribution in [0.1, 0.15) is 54.4 Å². The zero-order valence-electron chi connectivity index (χ0n) is 13.8. The molecule has 0 atom stereocenters. The molecule has 0 bridgehead atoms. The molecule has 0 aromatic carbocycles. The van der Waals surface area contributed by atoms with E-state index >= 15 is 0 Å². The molecule has 0 saturated carbocycles. The molecule has 0 spiro atoms. The Kier molecular flexibility index (Phi) is 26.7. The van der Waals surface area contributed by atoms with E-state index in [-0.39, 0.29) is 0 Å². The summed E-state index contributed by atoms with van der Waals surface area (Å²) < 4.78 is 0. The van der Waals surface area contributed by atoms with E-state index in [1.54, 1.807) is 0 Å². The van der Waals surface area contributed by atoms with Crippen molar-refractivity contribution in [2.24, 2.45) is 0 Å². The molecule has 0 aliphatic carbocycles. The van der Waals surface area contributed by atoms with Gasteiger partial charge in [0.15, 0.2) is 0 Å². The summed E-state index contributed by atoms with van der Waals surface area (Å²) in [6, 6.07) is 0. The molecule has 0 aromatic rings. The van der Waals surface area contributed by atoms with Gasteiger partial charge in [0.2, 0.25) is 0 Å². The molecule has 18 heavy (non-hydrogen) atoms. The minimum atomic E-state index is 1.08. The van der Waals surface area contributed by atoms with Gasteiger partial charge in [-0.2, -0.15) is 0 Å². The molecule has 1 heteroatoms. The Bertz CT molecular complexity index is 202. The van der Waals surface area contributed by atoms with Crippen LogP contribution in [0.3, 0.4) is 0 Å². The van der Waals surface area contributed by atoms with Crippen molar-refractivity contribution in [3.63, 3.8) is 0 Å². The third kappa shape index (κ3) is 20.6. The maximum atomic E-state index is 3.62. The topological polar surface area (TPSA) is 3.24 Å². The van der Waals surface area contributed by atoms with Crippen LogP contribution in [0.4, 0.5) is 0 Å². The van der Waals surface area contributed by atoms with Gasteiger partial charge >= 0.3 is 0 Å². The van der Waals surface area contributed by atoms with Crippen molar-refractivity contribution in [1.29, 1.82) is 0 Å². The van der Waals surface area contributed by atoms with E-state index < -0.39 is 0 Å². The highest BCUT2D eigenvalue weighted by molar-refractivity contribution is 5.21. The van der Waals surface area contributed by atoms with Gasteiger partial charge in [-0.05, 0) is 45.5 Å². The lowest BCUT2D eigenvalue weighted by atomic mass is 10.2. The fourth-order valence-electron chi connectivity index (χ4n) is 1.20. The molecule has 0 N–H and O–H groups in total. The Hall–Kier alpha value is -0.820. The van der Waals surface area contributed by atoms with Crippen LogP contribution >= 0.6 is 0 Å². The molecule has 0 saturated heterocycles. The smallest absolute Gasteiger partial charge is 0.00245 e. The maximum absolute atomic E-state index is 3.62. The van der Waals surface area contributed by atoms with Crippen molar-refractivity contribution in [3.05, 3.63) is 36.5 Å². The number of rotatable bonds is 6. The van der Waals surface area contributed by atoms with E-state index in [4.69, 9.17) is 0 Å². The molecule has 0 aliphatic rings. The lowest BCUT2D eigenvalue weighted by Crippen LogP contribution is -2.17. The summed E-state index contributed by atoms with van der Waals surface area (Å²) in [7, 11) is 2.14. The summed E-state index contributed by atoms with van der Waals surface area (Å²) in [6.07, 6.45) is 10.3. The molecule has 108 valence electrons. The standard InChI is InChI=1S/C9H14.C6H15N.C2H6/c1-4-7-9(6-3)8-5-2;1-4-6-7(3)5-2;1-2/h4-5,7-8H,1,6H2,2-3H3;4-6H2,1-3H3;1-2H3/b8-5-,9-7-;;. The Morgan fingerprint density at radius 3 is 1.94 bits per heavy atom. The molecular formula is C17H35N. The van der Waals surface area contributed by atoms with Crippen LogP contribution in [-0.2, 0) is 0 Å². The Labute approximate surface area is 116 Å². The summed E-state index contributed by atoms with van der Waals surface area (Å²) in [5.41, 5.74) is 1.33. The second-order valence-electron chi connectivity index (χ2n) is 3.73. The van der Waals surface area contributed by atoms with Gasteiger partial charge in [0, 0.05) is 0 Å². The third-order valence-electron chi connectivity index (χ3n) is 2.27. The summed E-state index contributed by atoms with van der Waals surface area (Å²) in [6.45, 7) is 18.6. The third-order valence-corrected chi connectivity index (χ3v) is 2.27. The average molecular weight is 253 g/mol. The first-order valence-electron chi connectivity index (χ1n) is 7.28. The molecular weight excluding hydrogens is 218 g/mol. The van der Waals surface area contributed by atoms with Crippen molar-refractivity contribution in [2.75, 3.05) is 20.1 Å². The molecule has 0 unspecified atom stereocenters. The summed E-state index contributed by atoms with van der Waals surface area (Å²) >= 11 is 0. The zero-order valence-corrected chi connectivity index (χ0v) is 13.8. The normalized spacial score (nSPS) is 10.6. The van der Waals surface area contributed by atoms with Crippen molar-refractivity contribution in [1.82, 2.24) is 4.90 Å². The van der Waals surface area contributed by atoms with Crippen molar-refractivity contribution in [2.45, 2.75) is 54.4 Å². The first kappa shape index (κ1) is 22.4. The van der Waals surface area contributed by atoms with Crippen molar-refractivity contribution < 1.29 is 0 Å². The minimum Gasteiger partial charge on any atom is -0.307 e. The van der Waals surface area contributed by atoms with Crippen LogP contribution in [0.2, 0.25) is 0 Å². The second-order valence-corrected chi connectivity index (χ2v) is 3.73. The number of hydrogen-bond acceptors (Lipinski definition) is 1. The first-order chi connectivity index (χ1) is 8.65. The zero-order chi connectivity index (χ0) is 14.8. The second kappa shape index (κ2) is 21.5. The minimum absolute atomic E-state index is 1.08.